The number of anilines is 1. The van der Waals surface area contributed by atoms with E-state index in [9.17, 15) is 9.18 Å². The van der Waals surface area contributed by atoms with Crippen LogP contribution in [0, 0.1) is 12.9 Å². The second-order valence-corrected chi connectivity index (χ2v) is 7.49. The zero-order valence-corrected chi connectivity index (χ0v) is 15.8. The van der Waals surface area contributed by atoms with Gasteiger partial charge in [0.25, 0.3) is 0 Å². The molecule has 0 aromatic carbocycles. The van der Waals surface area contributed by atoms with Gasteiger partial charge < -0.3 is 14.5 Å². The molecule has 1 saturated heterocycles. The molecular weight excluding hydrogens is 361 g/mol. The predicted octanol–water partition coefficient (Wildman–Crippen LogP) is 2.50. The van der Waals surface area contributed by atoms with E-state index in [1.54, 1.807) is 6.92 Å². The summed E-state index contributed by atoms with van der Waals surface area (Å²) >= 11 is 1.18. The zero-order valence-electron chi connectivity index (χ0n) is 15.0. The van der Waals surface area contributed by atoms with Gasteiger partial charge >= 0.3 is 0 Å². The number of rotatable bonds is 6. The Balaban J connectivity index is 1.51. The van der Waals surface area contributed by atoms with Crippen molar-refractivity contribution in [1.29, 1.82) is 0 Å². The van der Waals surface area contributed by atoms with Gasteiger partial charge in [0, 0.05) is 33.0 Å². The highest BCUT2D eigenvalue weighted by molar-refractivity contribution is 7.15. The molecule has 1 aliphatic rings. The molecule has 1 N–H and O–H groups in total. The van der Waals surface area contributed by atoms with Crippen molar-refractivity contribution in [3.63, 3.8) is 0 Å². The summed E-state index contributed by atoms with van der Waals surface area (Å²) < 4.78 is 25.2. The van der Waals surface area contributed by atoms with Crippen LogP contribution in [0.3, 0.4) is 0 Å². The lowest BCUT2D eigenvalue weighted by atomic mass is 10.0. The van der Waals surface area contributed by atoms with Gasteiger partial charge in [-0.1, -0.05) is 11.3 Å². The molecule has 26 heavy (non-hydrogen) atoms. The quantitative estimate of drug-likeness (QED) is 0.819. The lowest BCUT2D eigenvalue weighted by Crippen LogP contribution is -2.42. The first kappa shape index (κ1) is 18.9. The summed E-state index contributed by atoms with van der Waals surface area (Å²) in [7, 11) is 0. The highest BCUT2D eigenvalue weighted by Crippen LogP contribution is 2.27. The minimum atomic E-state index is -0.518. The number of nitrogens with one attached hydrogen (secondary N) is 1. The Morgan fingerprint density at radius 3 is 2.96 bits per heavy atom. The highest BCUT2D eigenvalue weighted by atomic mass is 32.1. The molecule has 0 bridgehead atoms. The number of halogens is 1. The number of ether oxygens (including phenoxy) is 1. The Bertz CT molecular complexity index is 765. The van der Waals surface area contributed by atoms with Crippen LogP contribution in [0.25, 0.3) is 0 Å². The first-order chi connectivity index (χ1) is 12.4. The summed E-state index contributed by atoms with van der Waals surface area (Å²) in [5.41, 5.74) is 0. The van der Waals surface area contributed by atoms with Crippen molar-refractivity contribution in [2.75, 3.05) is 11.9 Å². The molecule has 0 unspecified atom stereocenters. The largest absolute Gasteiger partial charge is 0.423 e. The lowest BCUT2D eigenvalue weighted by molar-refractivity contribution is -0.114. The number of carbonyl (C=O) groups excluding carboxylic acids is 1. The fourth-order valence-electron chi connectivity index (χ4n) is 2.97. The third-order valence-corrected chi connectivity index (χ3v) is 5.19. The second kappa shape index (κ2) is 8.19. The maximum absolute atomic E-state index is 14.0. The fraction of sp³-hybridized carbons (Fsp3) is 0.625. The molecule has 142 valence electrons. The fourth-order valence-corrected chi connectivity index (χ4v) is 3.88. The molecule has 3 heterocycles. The standard InChI is InChI=1S/C16H22FN5O3S/c1-9-6-12(24-8-14-21-20-11(3)25-14)4-5-22(9)7-13-15(17)19-16(26-13)18-10(2)23/h9,12H,4-8H2,1-3H3,(H,18,19,23)/t9-,12-/m1/s1. The van der Waals surface area contributed by atoms with Crippen molar-refractivity contribution in [2.45, 2.75) is 58.9 Å². The van der Waals surface area contributed by atoms with Crippen LogP contribution in [0.15, 0.2) is 4.42 Å². The number of carbonyl (C=O) groups is 1. The van der Waals surface area contributed by atoms with Gasteiger partial charge in [-0.25, -0.2) is 0 Å². The van der Waals surface area contributed by atoms with Crippen molar-refractivity contribution in [2.24, 2.45) is 0 Å². The van der Waals surface area contributed by atoms with E-state index >= 15 is 0 Å². The minimum Gasteiger partial charge on any atom is -0.423 e. The smallest absolute Gasteiger partial charge is 0.242 e. The van der Waals surface area contributed by atoms with Crippen molar-refractivity contribution in [3.05, 3.63) is 22.6 Å². The Labute approximate surface area is 154 Å². The molecule has 2 aromatic rings. The summed E-state index contributed by atoms with van der Waals surface area (Å²) in [5, 5.41) is 10.5. The van der Waals surface area contributed by atoms with E-state index in [-0.39, 0.29) is 18.1 Å². The SMILES string of the molecule is CC(=O)Nc1nc(F)c(CN2CC[C@@H](OCc3nnc(C)o3)C[C@H]2C)s1. The Morgan fingerprint density at radius 2 is 2.31 bits per heavy atom. The number of hydrogen-bond donors (Lipinski definition) is 1. The van der Waals surface area contributed by atoms with E-state index in [1.807, 2.05) is 0 Å². The van der Waals surface area contributed by atoms with Crippen LogP contribution in [0.2, 0.25) is 0 Å². The molecule has 0 radical (unpaired) electrons. The third-order valence-electron chi connectivity index (χ3n) is 4.26. The number of piperidine rings is 1. The maximum atomic E-state index is 14.0. The summed E-state index contributed by atoms with van der Waals surface area (Å²) in [6.45, 7) is 6.79. The number of nitrogens with zero attached hydrogens (tertiary/aromatic N) is 4. The van der Waals surface area contributed by atoms with E-state index in [1.165, 1.54) is 18.3 Å². The maximum Gasteiger partial charge on any atom is 0.242 e. The molecule has 1 amide bonds. The summed E-state index contributed by atoms with van der Waals surface area (Å²) in [6.07, 6.45) is 1.79. The molecule has 0 aliphatic carbocycles. The Hall–Kier alpha value is -1.91. The van der Waals surface area contributed by atoms with Gasteiger partial charge in [0.05, 0.1) is 11.0 Å². The van der Waals surface area contributed by atoms with E-state index < -0.39 is 5.95 Å². The van der Waals surface area contributed by atoms with Crippen molar-refractivity contribution < 1.29 is 18.3 Å². The molecule has 0 saturated carbocycles. The number of hydrogen-bond acceptors (Lipinski definition) is 8. The van der Waals surface area contributed by atoms with Crippen LogP contribution in [0.1, 0.15) is 43.3 Å². The van der Waals surface area contributed by atoms with E-state index in [2.05, 4.69) is 32.3 Å². The lowest BCUT2D eigenvalue weighted by Gasteiger charge is -2.37. The average Bonchev–Trinajstić information content (AvgIpc) is 3.13. The van der Waals surface area contributed by atoms with Crippen LogP contribution in [-0.4, -0.2) is 44.7 Å². The molecule has 0 spiro atoms. The molecule has 10 heteroatoms. The van der Waals surface area contributed by atoms with Crippen molar-refractivity contribution in [1.82, 2.24) is 20.1 Å². The Morgan fingerprint density at radius 1 is 1.50 bits per heavy atom. The van der Waals surface area contributed by atoms with Gasteiger partial charge in [-0.05, 0) is 19.8 Å². The first-order valence-electron chi connectivity index (χ1n) is 8.48. The molecule has 1 fully saturated rings. The molecule has 1 aliphatic heterocycles. The summed E-state index contributed by atoms with van der Waals surface area (Å²) in [4.78, 5) is 17.6. The highest BCUT2D eigenvalue weighted by Gasteiger charge is 2.28. The summed E-state index contributed by atoms with van der Waals surface area (Å²) in [6, 6.07) is 0.240. The van der Waals surface area contributed by atoms with Crippen molar-refractivity contribution >= 4 is 22.4 Å². The molecule has 8 nitrogen and oxygen atoms in total. The van der Waals surface area contributed by atoms with Crippen LogP contribution < -0.4 is 5.32 Å². The van der Waals surface area contributed by atoms with Gasteiger partial charge in [-0.3, -0.25) is 9.69 Å². The second-order valence-electron chi connectivity index (χ2n) is 6.41. The normalized spacial score (nSPS) is 21.1. The van der Waals surface area contributed by atoms with E-state index in [4.69, 9.17) is 9.15 Å². The topological polar surface area (TPSA) is 93.4 Å². The monoisotopic (exact) mass is 383 g/mol. The Kier molecular flexibility index (Phi) is 5.94. The number of aromatic nitrogens is 3. The average molecular weight is 383 g/mol. The van der Waals surface area contributed by atoms with Crippen LogP contribution >= 0.6 is 11.3 Å². The number of aryl methyl sites for hydroxylation is 1. The van der Waals surface area contributed by atoms with Gasteiger partial charge in [0.1, 0.15) is 6.61 Å². The third kappa shape index (κ3) is 4.83. The van der Waals surface area contributed by atoms with Gasteiger partial charge in [0.15, 0.2) is 5.13 Å². The molecule has 2 atom stereocenters. The van der Waals surface area contributed by atoms with Gasteiger partial charge in [-0.2, -0.15) is 9.37 Å². The van der Waals surface area contributed by atoms with Crippen LogP contribution in [-0.2, 0) is 22.7 Å². The first-order valence-corrected chi connectivity index (χ1v) is 9.29. The van der Waals surface area contributed by atoms with Crippen LogP contribution in [0.5, 0.6) is 0 Å². The number of amides is 1. The zero-order chi connectivity index (χ0) is 18.7. The minimum absolute atomic E-state index is 0.106. The molecule has 3 rings (SSSR count). The van der Waals surface area contributed by atoms with Gasteiger partial charge in [0.2, 0.25) is 23.6 Å². The number of likely N-dealkylation sites (tertiary alicyclic amines) is 1. The van der Waals surface area contributed by atoms with Gasteiger partial charge in [-0.15, -0.1) is 10.2 Å². The predicted molar refractivity (Wildman–Crippen MR) is 93.1 cm³/mol. The summed E-state index contributed by atoms with van der Waals surface area (Å²) in [5.74, 6) is 0.232. The molecule has 2 aromatic heterocycles. The van der Waals surface area contributed by atoms with E-state index in [0.717, 1.165) is 19.4 Å². The molecular formula is C16H22FN5O3S. The van der Waals surface area contributed by atoms with E-state index in [0.29, 0.717) is 34.9 Å². The van der Waals surface area contributed by atoms with Crippen LogP contribution in [0.4, 0.5) is 9.52 Å². The number of thiazole rings is 1. The van der Waals surface area contributed by atoms with Crippen molar-refractivity contribution in [3.8, 4) is 0 Å².